The minimum Gasteiger partial charge on any atom is -0.460 e. The normalized spacial score (nSPS) is 11.6. The highest BCUT2D eigenvalue weighted by Gasteiger charge is 2.22. The Kier molecular flexibility index (Phi) is 4.10. The standard InChI is InChI=1S/C21H20O3/c1-21(2,3)24-19(23)13-18(22)20-16-10-6-4-8-14(16)12-15-9-5-7-11-17(15)20/h4-12H,13H2,1-3H3. The van der Waals surface area contributed by atoms with Crippen LogP contribution in [0.1, 0.15) is 37.6 Å². The molecule has 0 radical (unpaired) electrons. The van der Waals surface area contributed by atoms with E-state index in [1.807, 2.05) is 48.5 Å². The summed E-state index contributed by atoms with van der Waals surface area (Å²) in [5, 5.41) is 3.71. The molecular formula is C21H20O3. The van der Waals surface area contributed by atoms with Crippen molar-refractivity contribution in [2.45, 2.75) is 32.8 Å². The van der Waals surface area contributed by atoms with Gasteiger partial charge in [0.1, 0.15) is 12.0 Å². The second-order valence-corrected chi connectivity index (χ2v) is 6.88. The third-order valence-electron chi connectivity index (χ3n) is 3.78. The lowest BCUT2D eigenvalue weighted by molar-refractivity contribution is -0.153. The molecule has 3 heteroatoms. The van der Waals surface area contributed by atoms with Gasteiger partial charge >= 0.3 is 5.97 Å². The van der Waals surface area contributed by atoms with Gasteiger partial charge in [-0.15, -0.1) is 0 Å². The molecule has 122 valence electrons. The quantitative estimate of drug-likeness (QED) is 0.298. The Morgan fingerprint density at radius 1 is 0.875 bits per heavy atom. The maximum absolute atomic E-state index is 12.9. The predicted octanol–water partition coefficient (Wildman–Crippen LogP) is 4.91. The molecule has 0 spiro atoms. The summed E-state index contributed by atoms with van der Waals surface area (Å²) in [5.41, 5.74) is -0.00684. The number of fused-ring (bicyclic) bond motifs is 2. The number of esters is 1. The fourth-order valence-electron chi connectivity index (χ4n) is 2.91. The van der Waals surface area contributed by atoms with Crippen LogP contribution >= 0.6 is 0 Å². The monoisotopic (exact) mass is 320 g/mol. The molecule has 0 aliphatic heterocycles. The topological polar surface area (TPSA) is 43.4 Å². The Bertz CT molecular complexity index is 879. The van der Waals surface area contributed by atoms with Gasteiger partial charge in [-0.05, 0) is 48.4 Å². The van der Waals surface area contributed by atoms with E-state index in [1.54, 1.807) is 20.8 Å². The summed E-state index contributed by atoms with van der Waals surface area (Å²) in [6.45, 7) is 5.38. The molecule has 3 nitrogen and oxygen atoms in total. The van der Waals surface area contributed by atoms with Gasteiger partial charge in [0.2, 0.25) is 0 Å². The highest BCUT2D eigenvalue weighted by atomic mass is 16.6. The lowest BCUT2D eigenvalue weighted by atomic mass is 9.93. The molecule has 3 aromatic carbocycles. The van der Waals surface area contributed by atoms with Crippen LogP contribution in [0.3, 0.4) is 0 Å². The molecule has 0 aliphatic rings. The molecule has 0 N–H and O–H groups in total. The summed E-state index contributed by atoms with van der Waals surface area (Å²) >= 11 is 0. The molecule has 0 fully saturated rings. The van der Waals surface area contributed by atoms with Crippen LogP contribution in [-0.2, 0) is 9.53 Å². The van der Waals surface area contributed by atoms with Gasteiger partial charge in [-0.3, -0.25) is 9.59 Å². The molecule has 0 atom stereocenters. The van der Waals surface area contributed by atoms with Crippen LogP contribution in [-0.4, -0.2) is 17.4 Å². The van der Waals surface area contributed by atoms with Gasteiger partial charge in [0.25, 0.3) is 0 Å². The van der Waals surface area contributed by atoms with Crippen molar-refractivity contribution >= 4 is 33.3 Å². The zero-order valence-corrected chi connectivity index (χ0v) is 14.1. The first-order chi connectivity index (χ1) is 11.3. The minimum absolute atomic E-state index is 0.211. The molecule has 24 heavy (non-hydrogen) atoms. The summed E-state index contributed by atoms with van der Waals surface area (Å²) in [5.74, 6) is -0.707. The molecule has 0 unspecified atom stereocenters. The average molecular weight is 320 g/mol. The number of hydrogen-bond acceptors (Lipinski definition) is 3. The van der Waals surface area contributed by atoms with Gasteiger partial charge in [0.15, 0.2) is 5.78 Å². The van der Waals surface area contributed by atoms with Crippen molar-refractivity contribution in [3.63, 3.8) is 0 Å². The summed E-state index contributed by atoms with van der Waals surface area (Å²) in [4.78, 5) is 24.9. The second kappa shape index (κ2) is 6.08. The zero-order chi connectivity index (χ0) is 17.3. The number of ketones is 1. The van der Waals surface area contributed by atoms with E-state index < -0.39 is 11.6 Å². The number of ether oxygens (including phenoxy) is 1. The van der Waals surface area contributed by atoms with Gasteiger partial charge in [0, 0.05) is 5.56 Å². The Morgan fingerprint density at radius 3 is 1.88 bits per heavy atom. The van der Waals surface area contributed by atoms with E-state index in [4.69, 9.17) is 4.74 Å². The Labute approximate surface area is 141 Å². The predicted molar refractivity (Wildman–Crippen MR) is 96.2 cm³/mol. The fraction of sp³-hybridized carbons (Fsp3) is 0.238. The van der Waals surface area contributed by atoms with Gasteiger partial charge < -0.3 is 4.74 Å². The number of carbonyl (C=O) groups excluding carboxylic acids is 2. The third kappa shape index (κ3) is 3.30. The minimum atomic E-state index is -0.599. The van der Waals surface area contributed by atoms with Crippen molar-refractivity contribution in [3.05, 3.63) is 60.2 Å². The molecule has 0 aromatic heterocycles. The van der Waals surface area contributed by atoms with Gasteiger partial charge in [-0.2, -0.15) is 0 Å². The van der Waals surface area contributed by atoms with Crippen molar-refractivity contribution in [2.75, 3.05) is 0 Å². The van der Waals surface area contributed by atoms with E-state index in [2.05, 4.69) is 6.07 Å². The number of hydrogen-bond donors (Lipinski definition) is 0. The zero-order valence-electron chi connectivity index (χ0n) is 14.1. The fourth-order valence-corrected chi connectivity index (χ4v) is 2.91. The van der Waals surface area contributed by atoms with Crippen LogP contribution in [0.2, 0.25) is 0 Å². The van der Waals surface area contributed by atoms with Gasteiger partial charge in [0.05, 0.1) is 0 Å². The van der Waals surface area contributed by atoms with Gasteiger partial charge in [-0.25, -0.2) is 0 Å². The number of Topliss-reactive ketones (excluding diaryl/α,β-unsaturated/α-hetero) is 1. The van der Waals surface area contributed by atoms with E-state index in [0.29, 0.717) is 5.56 Å². The van der Waals surface area contributed by atoms with E-state index in [0.717, 1.165) is 21.5 Å². The Hall–Kier alpha value is -2.68. The average Bonchev–Trinajstić information content (AvgIpc) is 2.50. The highest BCUT2D eigenvalue weighted by Crippen LogP contribution is 2.29. The summed E-state index contributed by atoms with van der Waals surface area (Å²) in [7, 11) is 0. The van der Waals surface area contributed by atoms with Crippen LogP contribution in [0, 0.1) is 0 Å². The van der Waals surface area contributed by atoms with Crippen LogP contribution in [0.4, 0.5) is 0 Å². The van der Waals surface area contributed by atoms with E-state index >= 15 is 0 Å². The first-order valence-electron chi connectivity index (χ1n) is 8.01. The van der Waals surface area contributed by atoms with Crippen LogP contribution in [0.25, 0.3) is 21.5 Å². The van der Waals surface area contributed by atoms with Crippen LogP contribution in [0.15, 0.2) is 54.6 Å². The molecule has 0 amide bonds. The van der Waals surface area contributed by atoms with Crippen molar-refractivity contribution < 1.29 is 14.3 Å². The maximum Gasteiger partial charge on any atom is 0.314 e. The maximum atomic E-state index is 12.9. The molecule has 0 saturated heterocycles. The lowest BCUT2D eigenvalue weighted by Gasteiger charge is -2.19. The number of rotatable bonds is 3. The van der Waals surface area contributed by atoms with Crippen LogP contribution < -0.4 is 0 Å². The van der Waals surface area contributed by atoms with Crippen molar-refractivity contribution in [3.8, 4) is 0 Å². The molecule has 0 bridgehead atoms. The summed E-state index contributed by atoms with van der Waals surface area (Å²) in [6, 6.07) is 17.6. The lowest BCUT2D eigenvalue weighted by Crippen LogP contribution is -2.25. The molecule has 0 saturated carbocycles. The summed E-state index contributed by atoms with van der Waals surface area (Å²) < 4.78 is 5.29. The number of benzene rings is 3. The van der Waals surface area contributed by atoms with E-state index in [1.165, 1.54) is 0 Å². The third-order valence-corrected chi connectivity index (χ3v) is 3.78. The SMILES string of the molecule is CC(C)(C)OC(=O)CC(=O)c1c2ccccc2cc2ccccc12. The first-order valence-corrected chi connectivity index (χ1v) is 8.01. The van der Waals surface area contributed by atoms with E-state index in [-0.39, 0.29) is 12.2 Å². The second-order valence-electron chi connectivity index (χ2n) is 6.88. The summed E-state index contributed by atoms with van der Waals surface area (Å²) in [6.07, 6.45) is -0.255. The highest BCUT2D eigenvalue weighted by molar-refractivity contribution is 6.21. The van der Waals surface area contributed by atoms with Crippen LogP contribution in [0.5, 0.6) is 0 Å². The molecule has 3 aromatic rings. The largest absolute Gasteiger partial charge is 0.460 e. The molecule has 3 rings (SSSR count). The molecular weight excluding hydrogens is 300 g/mol. The molecule has 0 aliphatic carbocycles. The van der Waals surface area contributed by atoms with Gasteiger partial charge in [-0.1, -0.05) is 48.5 Å². The first kappa shape index (κ1) is 16.2. The number of carbonyl (C=O) groups is 2. The van der Waals surface area contributed by atoms with Crippen molar-refractivity contribution in [1.82, 2.24) is 0 Å². The van der Waals surface area contributed by atoms with Crippen molar-refractivity contribution in [2.24, 2.45) is 0 Å². The Balaban J connectivity index is 2.09. The molecule has 0 heterocycles. The van der Waals surface area contributed by atoms with Crippen molar-refractivity contribution in [1.29, 1.82) is 0 Å². The smallest absolute Gasteiger partial charge is 0.314 e. The van der Waals surface area contributed by atoms with E-state index in [9.17, 15) is 9.59 Å². The Morgan fingerprint density at radius 2 is 1.38 bits per heavy atom.